The van der Waals surface area contributed by atoms with Crippen molar-refractivity contribution in [2.24, 2.45) is 0 Å². The van der Waals surface area contributed by atoms with Gasteiger partial charge in [0.25, 0.3) is 5.69 Å². The molecule has 2 amide bonds. The van der Waals surface area contributed by atoms with E-state index in [-0.39, 0.29) is 36.0 Å². The fraction of sp³-hybridized carbons (Fsp3) is 0.690. The molecule has 1 aliphatic heterocycles. The van der Waals surface area contributed by atoms with Crippen LogP contribution >= 0.6 is 0 Å². The van der Waals surface area contributed by atoms with E-state index in [9.17, 15) is 24.5 Å². The minimum absolute atomic E-state index is 0.000856. The number of benzene rings is 1. The second kappa shape index (κ2) is 14.3. The molecule has 1 aromatic rings. The van der Waals surface area contributed by atoms with Gasteiger partial charge in [0, 0.05) is 51.0 Å². The zero-order chi connectivity index (χ0) is 31.9. The molecule has 0 unspecified atom stereocenters. The van der Waals surface area contributed by atoms with Gasteiger partial charge in [-0.3, -0.25) is 14.9 Å². The molecule has 0 aromatic heterocycles. The first-order valence-corrected chi connectivity index (χ1v) is 17.2. The number of alkyl carbamates (subject to hydrolysis) is 1. The van der Waals surface area contributed by atoms with Crippen LogP contribution in [0, 0.1) is 10.1 Å². The Morgan fingerprint density at radius 2 is 1.74 bits per heavy atom. The molecule has 2 rings (SSSR count). The molecule has 13 heteroatoms. The normalized spacial score (nSPS) is 18.3. The Hall–Kier alpha value is -3.19. The summed E-state index contributed by atoms with van der Waals surface area (Å²) >= 11 is 0. The Morgan fingerprint density at radius 3 is 2.26 bits per heavy atom. The second-order valence-electron chi connectivity index (χ2n) is 13.2. The number of non-ortho nitro benzene ring substituents is 1. The standard InChI is InChI=1S/C29H47N3O9Si/c1-20(33)39-24(14-15-30-26(34)38-19-21-10-12-22(13-11-21)32(36)37)16-23-17-25(41-42(8,9)29(5,6)7)18-31(23)27(35)40-28(2,3)4/h10-13,23-25H,14-19H2,1-9H3,(H,30,34)/t23-,24-,25-/m1/s1. The second-order valence-corrected chi connectivity index (χ2v) is 18.0. The molecule has 1 N–H and O–H groups in total. The van der Waals surface area contributed by atoms with Crippen LogP contribution in [0.2, 0.25) is 18.1 Å². The van der Waals surface area contributed by atoms with Gasteiger partial charge in [0.15, 0.2) is 8.32 Å². The van der Waals surface area contributed by atoms with E-state index in [2.05, 4.69) is 39.2 Å². The van der Waals surface area contributed by atoms with Crippen molar-refractivity contribution in [3.05, 3.63) is 39.9 Å². The molecule has 0 aliphatic carbocycles. The van der Waals surface area contributed by atoms with Gasteiger partial charge in [-0.2, -0.15) is 0 Å². The number of hydrogen-bond acceptors (Lipinski definition) is 9. The van der Waals surface area contributed by atoms with E-state index in [1.165, 1.54) is 31.2 Å². The Labute approximate surface area is 249 Å². The van der Waals surface area contributed by atoms with E-state index in [0.717, 1.165) is 0 Å². The van der Waals surface area contributed by atoms with Crippen LogP contribution in [0.15, 0.2) is 24.3 Å². The van der Waals surface area contributed by atoms with Crippen molar-refractivity contribution < 1.29 is 37.9 Å². The summed E-state index contributed by atoms with van der Waals surface area (Å²) in [6.45, 7) is 18.1. The SMILES string of the molecule is CC(=O)O[C@H](CCNC(=O)OCc1ccc([N+](=O)[O-])cc1)C[C@@H]1C[C@@H](O[Si](C)(C)C(C)(C)C)CN1C(=O)OC(C)(C)C. The predicted molar refractivity (Wildman–Crippen MR) is 159 cm³/mol. The van der Waals surface area contributed by atoms with Crippen molar-refractivity contribution in [1.29, 1.82) is 0 Å². The largest absolute Gasteiger partial charge is 0.462 e. The molecule has 1 aromatic carbocycles. The van der Waals surface area contributed by atoms with E-state index in [1.807, 2.05) is 20.8 Å². The molecule has 1 heterocycles. The number of nitro benzene ring substituents is 1. The summed E-state index contributed by atoms with van der Waals surface area (Å²) in [4.78, 5) is 49.3. The average Bonchev–Trinajstić information content (AvgIpc) is 3.22. The number of esters is 1. The highest BCUT2D eigenvalue weighted by molar-refractivity contribution is 6.74. The first-order valence-electron chi connectivity index (χ1n) is 14.3. The number of nitro groups is 1. The summed E-state index contributed by atoms with van der Waals surface area (Å²) in [5, 5.41) is 13.4. The van der Waals surface area contributed by atoms with E-state index in [1.54, 1.807) is 4.90 Å². The van der Waals surface area contributed by atoms with Gasteiger partial charge < -0.3 is 28.9 Å². The first-order chi connectivity index (χ1) is 19.3. The van der Waals surface area contributed by atoms with Crippen molar-refractivity contribution in [2.45, 2.75) is 116 Å². The monoisotopic (exact) mass is 609 g/mol. The van der Waals surface area contributed by atoms with E-state index >= 15 is 0 Å². The molecule has 1 fully saturated rings. The molecule has 0 saturated carbocycles. The molecule has 12 nitrogen and oxygen atoms in total. The highest BCUT2D eigenvalue weighted by Gasteiger charge is 2.45. The van der Waals surface area contributed by atoms with Gasteiger partial charge in [0.05, 0.1) is 11.0 Å². The third-order valence-electron chi connectivity index (χ3n) is 7.39. The number of rotatable bonds is 11. The van der Waals surface area contributed by atoms with Crippen LogP contribution < -0.4 is 5.32 Å². The number of carbonyl (C=O) groups excluding carboxylic acids is 3. The third-order valence-corrected chi connectivity index (χ3v) is 11.9. The fourth-order valence-electron chi connectivity index (χ4n) is 4.33. The van der Waals surface area contributed by atoms with Crippen LogP contribution in [0.25, 0.3) is 0 Å². The summed E-state index contributed by atoms with van der Waals surface area (Å²) < 4.78 is 23.1. The lowest BCUT2D eigenvalue weighted by Gasteiger charge is -2.38. The molecule has 1 aliphatic rings. The minimum Gasteiger partial charge on any atom is -0.462 e. The topological polar surface area (TPSA) is 147 Å². The van der Waals surface area contributed by atoms with Crippen LogP contribution in [-0.2, 0) is 30.0 Å². The summed E-state index contributed by atoms with van der Waals surface area (Å²) in [5.41, 5.74) is -0.120. The van der Waals surface area contributed by atoms with Gasteiger partial charge in [-0.1, -0.05) is 20.8 Å². The van der Waals surface area contributed by atoms with Gasteiger partial charge in [-0.05, 0) is 63.0 Å². The highest BCUT2D eigenvalue weighted by Crippen LogP contribution is 2.39. The predicted octanol–water partition coefficient (Wildman–Crippen LogP) is 5.93. The molecule has 1 saturated heterocycles. The summed E-state index contributed by atoms with van der Waals surface area (Å²) in [6, 6.07) is 5.43. The summed E-state index contributed by atoms with van der Waals surface area (Å²) in [6.07, 6.45) is -0.618. The molecular weight excluding hydrogens is 562 g/mol. The molecule has 0 radical (unpaired) electrons. The highest BCUT2D eigenvalue weighted by atomic mass is 28.4. The van der Waals surface area contributed by atoms with Gasteiger partial charge in [-0.25, -0.2) is 9.59 Å². The van der Waals surface area contributed by atoms with Crippen LogP contribution in [-0.4, -0.2) is 73.2 Å². The van der Waals surface area contributed by atoms with Crippen molar-refractivity contribution in [3.8, 4) is 0 Å². The minimum atomic E-state index is -2.11. The Bertz CT molecular complexity index is 1100. The van der Waals surface area contributed by atoms with Gasteiger partial charge in [-0.15, -0.1) is 0 Å². The number of likely N-dealkylation sites (tertiary alicyclic amines) is 1. The molecule has 0 spiro atoms. The lowest BCUT2D eigenvalue weighted by molar-refractivity contribution is -0.384. The number of ether oxygens (including phenoxy) is 3. The fourth-order valence-corrected chi connectivity index (χ4v) is 5.69. The van der Waals surface area contributed by atoms with Crippen molar-refractivity contribution in [3.63, 3.8) is 0 Å². The van der Waals surface area contributed by atoms with Crippen LogP contribution in [0.4, 0.5) is 15.3 Å². The lowest BCUT2D eigenvalue weighted by Crippen LogP contribution is -2.45. The first kappa shape index (κ1) is 35.0. The van der Waals surface area contributed by atoms with E-state index in [0.29, 0.717) is 31.4 Å². The molecule has 3 atom stereocenters. The number of amides is 2. The Balaban J connectivity index is 2.02. The zero-order valence-electron chi connectivity index (χ0n) is 26.4. The number of nitrogens with zero attached hydrogens (tertiary/aromatic N) is 2. The molecule has 42 heavy (non-hydrogen) atoms. The zero-order valence-corrected chi connectivity index (χ0v) is 27.4. The Morgan fingerprint density at radius 1 is 1.12 bits per heavy atom. The smallest absolute Gasteiger partial charge is 0.410 e. The summed E-state index contributed by atoms with van der Waals surface area (Å²) in [7, 11) is -2.11. The van der Waals surface area contributed by atoms with Crippen LogP contribution in [0.5, 0.6) is 0 Å². The van der Waals surface area contributed by atoms with Crippen LogP contribution in [0.3, 0.4) is 0 Å². The Kier molecular flexibility index (Phi) is 11.9. The molecule has 236 valence electrons. The van der Waals surface area contributed by atoms with E-state index < -0.39 is 43.1 Å². The number of carbonyl (C=O) groups is 3. The third kappa shape index (κ3) is 11.2. The van der Waals surface area contributed by atoms with Crippen LogP contribution in [0.1, 0.15) is 73.3 Å². The van der Waals surface area contributed by atoms with Crippen molar-refractivity contribution >= 4 is 32.2 Å². The maximum absolute atomic E-state index is 13.2. The van der Waals surface area contributed by atoms with Crippen molar-refractivity contribution in [1.82, 2.24) is 10.2 Å². The summed E-state index contributed by atoms with van der Waals surface area (Å²) in [5.74, 6) is -0.461. The maximum Gasteiger partial charge on any atom is 0.410 e. The molecular formula is C29H47N3O9Si. The number of hydrogen-bond donors (Lipinski definition) is 1. The van der Waals surface area contributed by atoms with Crippen molar-refractivity contribution in [2.75, 3.05) is 13.1 Å². The maximum atomic E-state index is 13.2. The van der Waals surface area contributed by atoms with Gasteiger partial charge in [0.2, 0.25) is 0 Å². The quantitative estimate of drug-likeness (QED) is 0.106. The van der Waals surface area contributed by atoms with Gasteiger partial charge in [0.1, 0.15) is 18.3 Å². The number of nitrogens with one attached hydrogen (secondary N) is 1. The van der Waals surface area contributed by atoms with Gasteiger partial charge >= 0.3 is 18.2 Å². The van der Waals surface area contributed by atoms with E-state index in [4.69, 9.17) is 18.6 Å². The lowest BCUT2D eigenvalue weighted by atomic mass is 10.0. The molecule has 0 bridgehead atoms. The average molecular weight is 610 g/mol.